The number of piperidine rings is 1. The number of halogens is 1. The highest BCUT2D eigenvalue weighted by atomic mass is 127. The zero-order chi connectivity index (χ0) is 22.2. The van der Waals surface area contributed by atoms with Crippen LogP contribution in [0.1, 0.15) is 63.0 Å². The standard InChI is InChI=1S/C26H43N5O.HI/c1-2-27-26(29-23-13-16-31(17-14-23)24-10-4-3-5-11-24)28-18-25(32)20-30-15-12-21-8-6-7-9-22(21)19-30;/h6-9,23-25,32H,2-5,10-20H2,1H3,(H2,27,28,29);1H. The van der Waals surface area contributed by atoms with Crippen molar-refractivity contribution in [2.24, 2.45) is 4.99 Å². The van der Waals surface area contributed by atoms with Crippen molar-refractivity contribution < 1.29 is 5.11 Å². The summed E-state index contributed by atoms with van der Waals surface area (Å²) in [5.74, 6) is 0.853. The van der Waals surface area contributed by atoms with Crippen LogP contribution in [0.15, 0.2) is 29.3 Å². The van der Waals surface area contributed by atoms with E-state index in [4.69, 9.17) is 4.99 Å². The van der Waals surface area contributed by atoms with Gasteiger partial charge in [-0.3, -0.25) is 9.89 Å². The lowest BCUT2D eigenvalue weighted by atomic mass is 9.92. The van der Waals surface area contributed by atoms with Gasteiger partial charge in [-0.05, 0) is 50.2 Å². The Bertz CT molecular complexity index is 731. The number of aliphatic hydroxyl groups is 1. The molecule has 1 saturated heterocycles. The number of benzene rings is 1. The first-order valence-electron chi connectivity index (χ1n) is 13.0. The highest BCUT2D eigenvalue weighted by Gasteiger charge is 2.26. The number of hydrogen-bond acceptors (Lipinski definition) is 4. The van der Waals surface area contributed by atoms with Crippen LogP contribution in [0.2, 0.25) is 0 Å². The summed E-state index contributed by atoms with van der Waals surface area (Å²) in [5, 5.41) is 17.7. The van der Waals surface area contributed by atoms with Gasteiger partial charge in [0.25, 0.3) is 0 Å². The van der Waals surface area contributed by atoms with Crippen LogP contribution < -0.4 is 10.6 Å². The number of β-amino-alcohol motifs (C(OH)–C–C–N with tert-alkyl or cyclic N) is 1. The van der Waals surface area contributed by atoms with Crippen LogP contribution in [0, 0.1) is 0 Å². The fraction of sp³-hybridized carbons (Fsp3) is 0.731. The second-order valence-corrected chi connectivity index (χ2v) is 9.87. The summed E-state index contributed by atoms with van der Waals surface area (Å²) >= 11 is 0. The number of rotatable bonds is 7. The minimum absolute atomic E-state index is 0. The molecule has 2 heterocycles. The molecule has 2 fully saturated rings. The molecular formula is C26H44IN5O. The van der Waals surface area contributed by atoms with E-state index < -0.39 is 6.10 Å². The number of aliphatic imine (C=N–C) groups is 1. The predicted molar refractivity (Wildman–Crippen MR) is 147 cm³/mol. The van der Waals surface area contributed by atoms with Crippen molar-refractivity contribution in [2.45, 2.75) is 83.0 Å². The van der Waals surface area contributed by atoms with Crippen molar-refractivity contribution in [2.75, 3.05) is 39.3 Å². The number of nitrogens with zero attached hydrogens (tertiary/aromatic N) is 3. The maximum atomic E-state index is 10.6. The fourth-order valence-corrected chi connectivity index (χ4v) is 5.63. The molecule has 3 N–H and O–H groups in total. The molecule has 0 radical (unpaired) electrons. The SMILES string of the molecule is CCNC(=NCC(O)CN1CCc2ccccc2C1)NC1CCN(C2CCCCC2)CC1.I. The van der Waals surface area contributed by atoms with Crippen LogP contribution >= 0.6 is 24.0 Å². The van der Waals surface area contributed by atoms with Crippen molar-refractivity contribution in [1.82, 2.24) is 20.4 Å². The third kappa shape index (κ3) is 8.08. The van der Waals surface area contributed by atoms with Crippen LogP contribution in [-0.4, -0.2) is 78.3 Å². The second-order valence-electron chi connectivity index (χ2n) is 9.87. The lowest BCUT2D eigenvalue weighted by molar-refractivity contribution is 0.111. The molecule has 0 aromatic heterocycles. The smallest absolute Gasteiger partial charge is 0.191 e. The first kappa shape index (κ1) is 26.7. The van der Waals surface area contributed by atoms with E-state index in [2.05, 4.69) is 51.6 Å². The van der Waals surface area contributed by atoms with Crippen molar-refractivity contribution in [3.8, 4) is 0 Å². The zero-order valence-corrected chi connectivity index (χ0v) is 22.7. The molecule has 1 aromatic rings. The summed E-state index contributed by atoms with van der Waals surface area (Å²) in [4.78, 5) is 9.81. The number of fused-ring (bicyclic) bond motifs is 1. The summed E-state index contributed by atoms with van der Waals surface area (Å²) < 4.78 is 0. The Morgan fingerprint density at radius 2 is 1.79 bits per heavy atom. The van der Waals surface area contributed by atoms with Gasteiger partial charge in [0.05, 0.1) is 12.6 Å². The molecule has 3 aliphatic rings. The number of nitrogens with one attached hydrogen (secondary N) is 2. The third-order valence-corrected chi connectivity index (χ3v) is 7.44. The van der Waals surface area contributed by atoms with Crippen molar-refractivity contribution in [3.05, 3.63) is 35.4 Å². The van der Waals surface area contributed by atoms with E-state index in [1.54, 1.807) is 0 Å². The van der Waals surface area contributed by atoms with Gasteiger partial charge in [0.1, 0.15) is 0 Å². The highest BCUT2D eigenvalue weighted by molar-refractivity contribution is 14.0. The molecular weight excluding hydrogens is 525 g/mol. The van der Waals surface area contributed by atoms with Gasteiger partial charge in [-0.15, -0.1) is 24.0 Å². The van der Waals surface area contributed by atoms with Crippen LogP contribution in [0.4, 0.5) is 0 Å². The molecule has 4 rings (SSSR count). The Balaban J connectivity index is 0.00000306. The molecule has 0 spiro atoms. The Labute approximate surface area is 217 Å². The van der Waals surface area contributed by atoms with Crippen LogP contribution in [0.25, 0.3) is 0 Å². The minimum Gasteiger partial charge on any atom is -0.390 e. The molecule has 0 amide bonds. The Morgan fingerprint density at radius 1 is 1.06 bits per heavy atom. The van der Waals surface area contributed by atoms with E-state index in [9.17, 15) is 5.11 Å². The minimum atomic E-state index is -0.441. The molecule has 1 unspecified atom stereocenters. The fourth-order valence-electron chi connectivity index (χ4n) is 5.63. The van der Waals surface area contributed by atoms with Crippen molar-refractivity contribution in [1.29, 1.82) is 0 Å². The molecule has 186 valence electrons. The van der Waals surface area contributed by atoms with Gasteiger partial charge < -0.3 is 20.6 Å². The van der Waals surface area contributed by atoms with E-state index in [1.807, 2.05) is 0 Å². The quantitative estimate of drug-likeness (QED) is 0.267. The monoisotopic (exact) mass is 569 g/mol. The maximum Gasteiger partial charge on any atom is 0.191 e. The van der Waals surface area contributed by atoms with E-state index in [0.717, 1.165) is 38.1 Å². The molecule has 1 atom stereocenters. The van der Waals surface area contributed by atoms with Crippen molar-refractivity contribution in [3.63, 3.8) is 0 Å². The molecule has 33 heavy (non-hydrogen) atoms. The summed E-state index contributed by atoms with van der Waals surface area (Å²) in [6, 6.07) is 9.96. The van der Waals surface area contributed by atoms with Gasteiger partial charge in [-0.2, -0.15) is 0 Å². The lowest BCUT2D eigenvalue weighted by Gasteiger charge is -2.39. The van der Waals surface area contributed by atoms with Crippen molar-refractivity contribution >= 4 is 29.9 Å². The summed E-state index contributed by atoms with van der Waals surface area (Å²) in [6.07, 6.45) is 10.0. The summed E-state index contributed by atoms with van der Waals surface area (Å²) in [7, 11) is 0. The van der Waals surface area contributed by atoms with E-state index in [-0.39, 0.29) is 24.0 Å². The van der Waals surface area contributed by atoms with Gasteiger partial charge in [-0.1, -0.05) is 43.5 Å². The van der Waals surface area contributed by atoms with Gasteiger partial charge in [0, 0.05) is 51.4 Å². The maximum absolute atomic E-state index is 10.6. The molecule has 6 nitrogen and oxygen atoms in total. The largest absolute Gasteiger partial charge is 0.390 e. The number of guanidine groups is 1. The Morgan fingerprint density at radius 3 is 2.52 bits per heavy atom. The molecule has 1 aromatic carbocycles. The lowest BCUT2D eigenvalue weighted by Crippen LogP contribution is -2.51. The van der Waals surface area contributed by atoms with Gasteiger partial charge >= 0.3 is 0 Å². The van der Waals surface area contributed by atoms with Crippen LogP contribution in [-0.2, 0) is 13.0 Å². The highest BCUT2D eigenvalue weighted by Crippen LogP contribution is 2.25. The first-order chi connectivity index (χ1) is 15.7. The van der Waals surface area contributed by atoms with Crippen LogP contribution in [0.5, 0.6) is 0 Å². The van der Waals surface area contributed by atoms with E-state index in [0.29, 0.717) is 19.1 Å². The molecule has 0 bridgehead atoms. The van der Waals surface area contributed by atoms with E-state index >= 15 is 0 Å². The Hall–Kier alpha value is -0.900. The first-order valence-corrected chi connectivity index (χ1v) is 13.0. The number of aliphatic hydroxyl groups excluding tert-OH is 1. The average molecular weight is 570 g/mol. The molecule has 1 saturated carbocycles. The predicted octanol–water partition coefficient (Wildman–Crippen LogP) is 3.38. The van der Waals surface area contributed by atoms with Gasteiger partial charge in [0.2, 0.25) is 0 Å². The zero-order valence-electron chi connectivity index (χ0n) is 20.3. The topological polar surface area (TPSA) is 63.1 Å². The van der Waals surface area contributed by atoms with E-state index in [1.165, 1.54) is 69.2 Å². The number of likely N-dealkylation sites (tertiary alicyclic amines) is 1. The Kier molecular flexibility index (Phi) is 11.2. The van der Waals surface area contributed by atoms with Gasteiger partial charge in [0.15, 0.2) is 5.96 Å². The normalized spacial score (nSPS) is 22.3. The van der Waals surface area contributed by atoms with Gasteiger partial charge in [-0.25, -0.2) is 0 Å². The molecule has 2 aliphatic heterocycles. The second kappa shape index (κ2) is 13.9. The third-order valence-electron chi connectivity index (χ3n) is 7.44. The summed E-state index contributed by atoms with van der Waals surface area (Å²) in [6.45, 7) is 8.38. The summed E-state index contributed by atoms with van der Waals surface area (Å²) in [5.41, 5.74) is 2.84. The van der Waals surface area contributed by atoms with Crippen LogP contribution in [0.3, 0.4) is 0 Å². The molecule has 7 heteroatoms. The molecule has 1 aliphatic carbocycles. The average Bonchev–Trinajstić information content (AvgIpc) is 2.84. The number of hydrogen-bond donors (Lipinski definition) is 3.